The van der Waals surface area contributed by atoms with Crippen molar-refractivity contribution in [3.8, 4) is 0 Å². The molecule has 5 nitrogen and oxygen atoms in total. The Kier molecular flexibility index (Phi) is 5.23. The van der Waals surface area contributed by atoms with Gasteiger partial charge in [0.15, 0.2) is 0 Å². The minimum absolute atomic E-state index is 0.0274. The highest BCUT2D eigenvalue weighted by atomic mass is 16.2. The molecule has 2 atom stereocenters. The minimum atomic E-state index is -0.0417. The van der Waals surface area contributed by atoms with Crippen LogP contribution in [0.4, 0.5) is 0 Å². The Morgan fingerprint density at radius 3 is 2.68 bits per heavy atom. The van der Waals surface area contributed by atoms with E-state index in [9.17, 15) is 4.79 Å². The van der Waals surface area contributed by atoms with Gasteiger partial charge in [-0.25, -0.2) is 0 Å². The van der Waals surface area contributed by atoms with E-state index in [2.05, 4.69) is 46.5 Å². The average molecular weight is 340 g/mol. The molecular formula is C20H28N4O. The van der Waals surface area contributed by atoms with E-state index < -0.39 is 0 Å². The summed E-state index contributed by atoms with van der Waals surface area (Å²) in [5, 5.41) is 7.68. The fourth-order valence-electron chi connectivity index (χ4n) is 3.93. The molecule has 1 aromatic heterocycles. The van der Waals surface area contributed by atoms with Crippen molar-refractivity contribution in [2.75, 3.05) is 6.54 Å². The van der Waals surface area contributed by atoms with Crippen molar-refractivity contribution >= 4 is 5.91 Å². The molecule has 5 heteroatoms. The van der Waals surface area contributed by atoms with Crippen molar-refractivity contribution in [3.05, 3.63) is 52.8 Å². The molecule has 0 saturated carbocycles. The van der Waals surface area contributed by atoms with Gasteiger partial charge in [0.05, 0.1) is 17.8 Å². The van der Waals surface area contributed by atoms with E-state index in [1.54, 1.807) is 0 Å². The number of hydrogen-bond acceptors (Lipinski definition) is 3. The van der Waals surface area contributed by atoms with Crippen molar-refractivity contribution < 1.29 is 4.79 Å². The zero-order chi connectivity index (χ0) is 18.0. The second kappa shape index (κ2) is 7.40. The van der Waals surface area contributed by atoms with Crippen LogP contribution in [-0.4, -0.2) is 33.2 Å². The van der Waals surface area contributed by atoms with Gasteiger partial charge in [0.25, 0.3) is 0 Å². The third-order valence-corrected chi connectivity index (χ3v) is 5.25. The van der Waals surface area contributed by atoms with Crippen molar-refractivity contribution in [2.45, 2.75) is 52.2 Å². The van der Waals surface area contributed by atoms with Gasteiger partial charge in [0, 0.05) is 24.8 Å². The maximum atomic E-state index is 12.9. The van der Waals surface area contributed by atoms with Crippen molar-refractivity contribution in [1.29, 1.82) is 0 Å². The van der Waals surface area contributed by atoms with Crippen LogP contribution in [0.15, 0.2) is 30.3 Å². The lowest BCUT2D eigenvalue weighted by atomic mass is 10.1. The van der Waals surface area contributed by atoms with Gasteiger partial charge in [-0.1, -0.05) is 30.3 Å². The molecule has 1 amide bonds. The van der Waals surface area contributed by atoms with Crippen LogP contribution in [0.25, 0.3) is 0 Å². The molecule has 0 unspecified atom stereocenters. The highest BCUT2D eigenvalue weighted by Gasteiger charge is 2.32. The summed E-state index contributed by atoms with van der Waals surface area (Å²) in [5.41, 5.74) is 4.48. The summed E-state index contributed by atoms with van der Waals surface area (Å²) < 4.78 is 1.88. The smallest absolute Gasteiger partial charge is 0.237 e. The Hall–Kier alpha value is -2.14. The fraction of sp³-hybridized carbons (Fsp3) is 0.500. The van der Waals surface area contributed by atoms with Gasteiger partial charge in [-0.3, -0.25) is 14.4 Å². The third-order valence-electron chi connectivity index (χ3n) is 5.25. The number of hydrogen-bond donors (Lipinski definition) is 1. The molecule has 0 bridgehead atoms. The van der Waals surface area contributed by atoms with Gasteiger partial charge in [0.2, 0.25) is 5.91 Å². The summed E-state index contributed by atoms with van der Waals surface area (Å²) in [6.07, 6.45) is 2.00. The molecule has 0 spiro atoms. The third kappa shape index (κ3) is 3.76. The fourth-order valence-corrected chi connectivity index (χ4v) is 3.93. The molecule has 1 saturated heterocycles. The molecule has 1 N–H and O–H groups in total. The molecule has 1 aliphatic rings. The second-order valence-corrected chi connectivity index (χ2v) is 7.05. The molecule has 25 heavy (non-hydrogen) atoms. The molecule has 0 aliphatic carbocycles. The summed E-state index contributed by atoms with van der Waals surface area (Å²) in [4.78, 5) is 15.2. The molecule has 1 fully saturated rings. The summed E-state index contributed by atoms with van der Waals surface area (Å²) in [7, 11) is 1.94. The molecule has 2 heterocycles. The number of amides is 1. The molecule has 3 rings (SSSR count). The summed E-state index contributed by atoms with van der Waals surface area (Å²) in [5.74, 6) is 0.128. The first-order valence-corrected chi connectivity index (χ1v) is 9.06. The van der Waals surface area contributed by atoms with Crippen molar-refractivity contribution in [2.24, 2.45) is 7.05 Å². The number of likely N-dealkylation sites (tertiary alicyclic amines) is 1. The normalized spacial score (nSPS) is 19.1. The zero-order valence-electron chi connectivity index (χ0n) is 15.6. The lowest BCUT2D eigenvalue weighted by molar-refractivity contribution is -0.126. The molecular weight excluding hydrogens is 312 g/mol. The van der Waals surface area contributed by atoms with E-state index in [-0.39, 0.29) is 18.0 Å². The van der Waals surface area contributed by atoms with Gasteiger partial charge in [0.1, 0.15) is 0 Å². The first kappa shape index (κ1) is 17.7. The van der Waals surface area contributed by atoms with Crippen molar-refractivity contribution in [1.82, 2.24) is 20.0 Å². The lowest BCUT2D eigenvalue weighted by Gasteiger charge is -2.25. The van der Waals surface area contributed by atoms with Crippen LogP contribution >= 0.6 is 0 Å². The number of nitrogens with one attached hydrogen (secondary N) is 1. The van der Waals surface area contributed by atoms with E-state index in [1.165, 1.54) is 5.56 Å². The van der Waals surface area contributed by atoms with E-state index in [4.69, 9.17) is 0 Å². The number of nitrogens with zero attached hydrogens (tertiary/aromatic N) is 3. The average Bonchev–Trinajstić information content (AvgIpc) is 3.13. The van der Waals surface area contributed by atoms with Gasteiger partial charge < -0.3 is 5.32 Å². The van der Waals surface area contributed by atoms with Crippen LogP contribution in [0.5, 0.6) is 0 Å². The van der Waals surface area contributed by atoms with Crippen molar-refractivity contribution in [3.63, 3.8) is 0 Å². The van der Waals surface area contributed by atoms with Gasteiger partial charge >= 0.3 is 0 Å². The van der Waals surface area contributed by atoms with E-state index >= 15 is 0 Å². The monoisotopic (exact) mass is 340 g/mol. The van der Waals surface area contributed by atoms with E-state index in [0.717, 1.165) is 42.9 Å². The Bertz CT molecular complexity index is 738. The number of aryl methyl sites for hydroxylation is 2. The topological polar surface area (TPSA) is 50.2 Å². The number of rotatable bonds is 5. The van der Waals surface area contributed by atoms with Crippen LogP contribution in [0, 0.1) is 13.8 Å². The summed E-state index contributed by atoms with van der Waals surface area (Å²) >= 11 is 0. The Morgan fingerprint density at radius 2 is 2.04 bits per heavy atom. The molecule has 1 aliphatic heterocycles. The summed E-state index contributed by atoms with van der Waals surface area (Å²) in [6, 6.07) is 10.3. The largest absolute Gasteiger partial charge is 0.348 e. The zero-order valence-corrected chi connectivity index (χ0v) is 15.6. The Morgan fingerprint density at radius 1 is 1.32 bits per heavy atom. The van der Waals surface area contributed by atoms with Crippen LogP contribution < -0.4 is 5.32 Å². The highest BCUT2D eigenvalue weighted by molar-refractivity contribution is 5.82. The van der Waals surface area contributed by atoms with Crippen LogP contribution in [0.1, 0.15) is 48.3 Å². The van der Waals surface area contributed by atoms with Crippen LogP contribution in [-0.2, 0) is 18.4 Å². The highest BCUT2D eigenvalue weighted by Crippen LogP contribution is 2.24. The number of carbonyl (C=O) groups excluding carboxylic acids is 1. The maximum Gasteiger partial charge on any atom is 0.237 e. The van der Waals surface area contributed by atoms with Gasteiger partial charge in [-0.15, -0.1) is 0 Å². The molecule has 2 aromatic rings. The second-order valence-electron chi connectivity index (χ2n) is 7.05. The Labute approximate surface area is 150 Å². The maximum absolute atomic E-state index is 12.9. The first-order chi connectivity index (χ1) is 12.0. The number of carbonyl (C=O) groups is 1. The first-order valence-electron chi connectivity index (χ1n) is 9.06. The quantitative estimate of drug-likeness (QED) is 0.910. The van der Waals surface area contributed by atoms with E-state index in [1.807, 2.05) is 31.6 Å². The standard InChI is InChI=1S/C20H28N4O/c1-14(19-15(2)22-23(4)16(19)3)21-20(25)18-11-8-12-24(18)13-17-9-6-5-7-10-17/h5-7,9-10,14,18H,8,11-13H2,1-4H3,(H,21,25)/t14-,18-/m0/s1. The predicted octanol–water partition coefficient (Wildman–Crippen LogP) is 2.88. The number of benzene rings is 1. The Balaban J connectivity index is 1.67. The van der Waals surface area contributed by atoms with Gasteiger partial charge in [-0.05, 0) is 45.7 Å². The molecule has 134 valence electrons. The molecule has 0 radical (unpaired) electrons. The van der Waals surface area contributed by atoms with Gasteiger partial charge in [-0.2, -0.15) is 5.10 Å². The van der Waals surface area contributed by atoms with Crippen LogP contribution in [0.3, 0.4) is 0 Å². The predicted molar refractivity (Wildman–Crippen MR) is 99.1 cm³/mol. The minimum Gasteiger partial charge on any atom is -0.348 e. The SMILES string of the molecule is Cc1nn(C)c(C)c1[C@H](C)NC(=O)[C@@H]1CCCN1Cc1ccccc1. The van der Waals surface area contributed by atoms with Crippen LogP contribution in [0.2, 0.25) is 0 Å². The van der Waals surface area contributed by atoms with E-state index in [0.29, 0.717) is 0 Å². The number of aromatic nitrogens is 2. The molecule has 1 aromatic carbocycles. The summed E-state index contributed by atoms with van der Waals surface area (Å²) in [6.45, 7) is 7.91. The lowest BCUT2D eigenvalue weighted by Crippen LogP contribution is -2.43.